The fourth-order valence-electron chi connectivity index (χ4n) is 3.85. The monoisotopic (exact) mass is 408 g/mol. The molecular formula is C22H21ClN4O2. The Bertz CT molecular complexity index is 1030. The van der Waals surface area contributed by atoms with Gasteiger partial charge in [0.15, 0.2) is 0 Å². The Hall–Kier alpha value is -2.99. The molecule has 1 fully saturated rings. The number of nitrogens with zero attached hydrogens (tertiary/aromatic N) is 3. The first kappa shape index (κ1) is 19.3. The van der Waals surface area contributed by atoms with Crippen LogP contribution >= 0.6 is 11.6 Å². The summed E-state index contributed by atoms with van der Waals surface area (Å²) in [5.74, 6) is -0.556. The SMILES string of the molecule is O=C(Nc1ccc(Cl)cn1)C(=O)N1CCCC(c2ccnc3ccccc23)CC1. The number of anilines is 1. The van der Waals surface area contributed by atoms with Crippen LogP contribution in [0.3, 0.4) is 0 Å². The highest BCUT2D eigenvalue weighted by Gasteiger charge is 2.26. The number of hydrogen-bond acceptors (Lipinski definition) is 4. The lowest BCUT2D eigenvalue weighted by atomic mass is 9.90. The quantitative estimate of drug-likeness (QED) is 0.650. The number of hydrogen-bond donors (Lipinski definition) is 1. The number of carbonyl (C=O) groups excluding carboxylic acids is 2. The first-order valence-electron chi connectivity index (χ1n) is 9.67. The van der Waals surface area contributed by atoms with Crippen LogP contribution in [0, 0.1) is 0 Å². The molecule has 2 aromatic heterocycles. The summed E-state index contributed by atoms with van der Waals surface area (Å²) in [6, 6.07) is 13.4. The molecule has 6 nitrogen and oxygen atoms in total. The number of nitrogens with one attached hydrogen (secondary N) is 1. The summed E-state index contributed by atoms with van der Waals surface area (Å²) >= 11 is 5.80. The minimum Gasteiger partial charge on any atom is -0.334 e. The third-order valence-corrected chi connectivity index (χ3v) is 5.52. The van der Waals surface area contributed by atoms with Gasteiger partial charge in [-0.3, -0.25) is 14.6 Å². The second-order valence-electron chi connectivity index (χ2n) is 7.15. The molecule has 29 heavy (non-hydrogen) atoms. The molecule has 0 saturated carbocycles. The van der Waals surface area contributed by atoms with Gasteiger partial charge in [-0.05, 0) is 55.0 Å². The van der Waals surface area contributed by atoms with Crippen LogP contribution in [0.25, 0.3) is 10.9 Å². The van der Waals surface area contributed by atoms with Crippen molar-refractivity contribution >= 4 is 40.1 Å². The molecule has 1 aromatic carbocycles. The van der Waals surface area contributed by atoms with Crippen molar-refractivity contribution in [1.29, 1.82) is 0 Å². The molecule has 3 aromatic rings. The lowest BCUT2D eigenvalue weighted by Crippen LogP contribution is -2.40. The molecule has 1 aliphatic heterocycles. The fourth-order valence-corrected chi connectivity index (χ4v) is 3.96. The van der Waals surface area contributed by atoms with Gasteiger partial charge < -0.3 is 10.2 Å². The largest absolute Gasteiger partial charge is 0.334 e. The van der Waals surface area contributed by atoms with E-state index < -0.39 is 11.8 Å². The van der Waals surface area contributed by atoms with E-state index in [2.05, 4.69) is 27.4 Å². The fraction of sp³-hybridized carbons (Fsp3) is 0.273. The van der Waals surface area contributed by atoms with Gasteiger partial charge in [0.05, 0.1) is 10.5 Å². The number of aromatic nitrogens is 2. The minimum atomic E-state index is -0.673. The summed E-state index contributed by atoms with van der Waals surface area (Å²) in [4.78, 5) is 35.1. The summed E-state index contributed by atoms with van der Waals surface area (Å²) in [6.07, 6.45) is 5.90. The van der Waals surface area contributed by atoms with Gasteiger partial charge in [-0.15, -0.1) is 0 Å². The van der Waals surface area contributed by atoms with E-state index in [4.69, 9.17) is 11.6 Å². The third kappa shape index (κ3) is 4.38. The molecule has 3 heterocycles. The zero-order valence-electron chi connectivity index (χ0n) is 15.8. The third-order valence-electron chi connectivity index (χ3n) is 5.30. The first-order chi connectivity index (χ1) is 14.1. The molecule has 1 unspecified atom stereocenters. The molecule has 0 bridgehead atoms. The van der Waals surface area contributed by atoms with E-state index in [0.29, 0.717) is 29.8 Å². The van der Waals surface area contributed by atoms with Crippen LogP contribution in [0.2, 0.25) is 5.02 Å². The van der Waals surface area contributed by atoms with Crippen molar-refractivity contribution in [2.75, 3.05) is 18.4 Å². The Kier molecular flexibility index (Phi) is 5.71. The minimum absolute atomic E-state index is 0.309. The van der Waals surface area contributed by atoms with E-state index in [1.807, 2.05) is 24.4 Å². The topological polar surface area (TPSA) is 75.2 Å². The molecular weight excluding hydrogens is 388 g/mol. The number of halogens is 1. The van der Waals surface area contributed by atoms with E-state index in [9.17, 15) is 9.59 Å². The predicted octanol–water partition coefficient (Wildman–Crippen LogP) is 4.02. The van der Waals surface area contributed by atoms with Crippen molar-refractivity contribution in [2.45, 2.75) is 25.2 Å². The number of amides is 2. The summed E-state index contributed by atoms with van der Waals surface area (Å²) in [6.45, 7) is 1.11. The zero-order chi connectivity index (χ0) is 20.2. The van der Waals surface area contributed by atoms with Crippen molar-refractivity contribution in [1.82, 2.24) is 14.9 Å². The van der Waals surface area contributed by atoms with Crippen LogP contribution in [-0.2, 0) is 9.59 Å². The number of carbonyl (C=O) groups is 2. The van der Waals surface area contributed by atoms with Crippen molar-refractivity contribution in [3.05, 3.63) is 65.4 Å². The van der Waals surface area contributed by atoms with Crippen molar-refractivity contribution < 1.29 is 9.59 Å². The Labute approximate surface area is 173 Å². The molecule has 4 rings (SSSR count). The van der Waals surface area contributed by atoms with Gasteiger partial charge in [-0.2, -0.15) is 0 Å². The van der Waals surface area contributed by atoms with Crippen LogP contribution in [0.4, 0.5) is 5.82 Å². The Morgan fingerprint density at radius 2 is 1.90 bits per heavy atom. The molecule has 1 saturated heterocycles. The van der Waals surface area contributed by atoms with E-state index in [0.717, 1.165) is 30.2 Å². The van der Waals surface area contributed by atoms with Crippen molar-refractivity contribution in [3.8, 4) is 0 Å². The Balaban J connectivity index is 1.43. The summed E-state index contributed by atoms with van der Waals surface area (Å²) in [7, 11) is 0. The second-order valence-corrected chi connectivity index (χ2v) is 7.59. The van der Waals surface area contributed by atoms with Crippen LogP contribution in [0.5, 0.6) is 0 Å². The Morgan fingerprint density at radius 1 is 1.03 bits per heavy atom. The van der Waals surface area contributed by atoms with Crippen LogP contribution in [-0.4, -0.2) is 39.8 Å². The average Bonchev–Trinajstić information content (AvgIpc) is 3.00. The molecule has 0 radical (unpaired) electrons. The molecule has 7 heteroatoms. The molecule has 2 amide bonds. The number of likely N-dealkylation sites (tertiary alicyclic amines) is 1. The summed E-state index contributed by atoms with van der Waals surface area (Å²) in [5.41, 5.74) is 2.25. The maximum Gasteiger partial charge on any atom is 0.315 e. The van der Waals surface area contributed by atoms with Gasteiger partial charge in [-0.1, -0.05) is 29.8 Å². The average molecular weight is 409 g/mol. The maximum atomic E-state index is 12.6. The van der Waals surface area contributed by atoms with E-state index in [-0.39, 0.29) is 0 Å². The van der Waals surface area contributed by atoms with Crippen LogP contribution < -0.4 is 5.32 Å². The number of para-hydroxylation sites is 1. The van der Waals surface area contributed by atoms with E-state index in [1.54, 1.807) is 17.0 Å². The normalized spacial score (nSPS) is 17.0. The van der Waals surface area contributed by atoms with Crippen LogP contribution in [0.1, 0.15) is 30.7 Å². The van der Waals surface area contributed by atoms with Gasteiger partial charge in [0, 0.05) is 30.9 Å². The van der Waals surface area contributed by atoms with E-state index >= 15 is 0 Å². The van der Waals surface area contributed by atoms with Crippen molar-refractivity contribution in [3.63, 3.8) is 0 Å². The summed E-state index contributed by atoms with van der Waals surface area (Å²) < 4.78 is 0. The standard InChI is InChI=1S/C22H21ClN4O2/c23-16-7-8-20(25-14-16)26-21(28)22(29)27-12-3-4-15(10-13-27)17-9-11-24-19-6-2-1-5-18(17)19/h1-2,5-9,11,14-15H,3-4,10,12-13H2,(H,25,26,28). The molecule has 148 valence electrons. The highest BCUT2D eigenvalue weighted by Crippen LogP contribution is 2.32. The zero-order valence-corrected chi connectivity index (χ0v) is 16.6. The Morgan fingerprint density at radius 3 is 2.72 bits per heavy atom. The molecule has 0 spiro atoms. The van der Waals surface area contributed by atoms with Gasteiger partial charge in [0.1, 0.15) is 5.82 Å². The molecule has 0 aliphatic carbocycles. The number of benzene rings is 1. The van der Waals surface area contributed by atoms with Gasteiger partial charge in [0.25, 0.3) is 0 Å². The highest BCUT2D eigenvalue weighted by molar-refractivity contribution is 6.39. The summed E-state index contributed by atoms with van der Waals surface area (Å²) in [5, 5.41) is 4.17. The number of pyridine rings is 2. The first-order valence-corrected chi connectivity index (χ1v) is 10.0. The van der Waals surface area contributed by atoms with Gasteiger partial charge in [0.2, 0.25) is 0 Å². The lowest BCUT2D eigenvalue weighted by molar-refractivity contribution is -0.143. The lowest BCUT2D eigenvalue weighted by Gasteiger charge is -2.20. The second kappa shape index (κ2) is 8.57. The molecule has 1 aliphatic rings. The predicted molar refractivity (Wildman–Crippen MR) is 113 cm³/mol. The molecule has 1 N–H and O–H groups in total. The van der Waals surface area contributed by atoms with Crippen molar-refractivity contribution in [2.24, 2.45) is 0 Å². The van der Waals surface area contributed by atoms with Crippen LogP contribution in [0.15, 0.2) is 54.9 Å². The maximum absolute atomic E-state index is 12.6. The smallest absolute Gasteiger partial charge is 0.315 e. The highest BCUT2D eigenvalue weighted by atomic mass is 35.5. The molecule has 1 atom stereocenters. The number of fused-ring (bicyclic) bond motifs is 1. The van der Waals surface area contributed by atoms with Gasteiger partial charge in [-0.25, -0.2) is 4.98 Å². The number of rotatable bonds is 2. The van der Waals surface area contributed by atoms with E-state index in [1.165, 1.54) is 11.8 Å². The van der Waals surface area contributed by atoms with Gasteiger partial charge >= 0.3 is 11.8 Å².